The molecule has 0 aliphatic heterocycles. The highest BCUT2D eigenvalue weighted by molar-refractivity contribution is 9.11. The monoisotopic (exact) mass is 469 g/mol. The Morgan fingerprint density at radius 1 is 0.900 bits per heavy atom. The third-order valence-corrected chi connectivity index (χ3v) is 5.18. The average molecular weight is 470 g/mol. The van der Waals surface area contributed by atoms with Gasteiger partial charge in [-0.15, -0.1) is 0 Å². The van der Waals surface area contributed by atoms with Crippen molar-refractivity contribution in [3.63, 3.8) is 0 Å². The maximum atomic E-state index is 12.1. The van der Waals surface area contributed by atoms with Crippen molar-refractivity contribution >= 4 is 21.7 Å². The van der Waals surface area contributed by atoms with Crippen LogP contribution < -0.4 is 11.4 Å². The van der Waals surface area contributed by atoms with Crippen molar-refractivity contribution in [3.8, 4) is 0 Å². The number of halogens is 1. The molecule has 0 amide bonds. The van der Waals surface area contributed by atoms with Crippen molar-refractivity contribution in [3.05, 3.63) is 105 Å². The fraction of sp³-hybridized carbons (Fsp3) is 0.217. The normalized spacial score (nSPS) is 10.7. The SMILES string of the molecule is Nc1ccn(CC(Br)=C(COCc2ccccc2)COCc2ccccc2)c(=O)n1. The fourth-order valence-corrected chi connectivity index (χ4v) is 3.25. The lowest BCUT2D eigenvalue weighted by atomic mass is 10.2. The first-order valence-corrected chi connectivity index (χ1v) is 10.3. The molecule has 2 aromatic carbocycles. The first-order valence-electron chi connectivity index (χ1n) is 9.54. The fourth-order valence-electron chi connectivity index (χ4n) is 2.75. The van der Waals surface area contributed by atoms with Gasteiger partial charge in [0.05, 0.1) is 33.0 Å². The molecule has 0 aliphatic carbocycles. The van der Waals surface area contributed by atoms with E-state index < -0.39 is 5.69 Å². The maximum Gasteiger partial charge on any atom is 0.349 e. The number of benzene rings is 2. The van der Waals surface area contributed by atoms with E-state index in [9.17, 15) is 4.79 Å². The van der Waals surface area contributed by atoms with Gasteiger partial charge in [-0.3, -0.25) is 4.57 Å². The van der Waals surface area contributed by atoms with Crippen molar-refractivity contribution in [1.29, 1.82) is 0 Å². The maximum absolute atomic E-state index is 12.1. The number of nitrogen functional groups attached to an aromatic ring is 1. The van der Waals surface area contributed by atoms with E-state index >= 15 is 0 Å². The van der Waals surface area contributed by atoms with E-state index in [-0.39, 0.29) is 5.82 Å². The smallest absolute Gasteiger partial charge is 0.349 e. The van der Waals surface area contributed by atoms with Crippen molar-refractivity contribution < 1.29 is 9.47 Å². The van der Waals surface area contributed by atoms with Gasteiger partial charge in [0.15, 0.2) is 0 Å². The lowest BCUT2D eigenvalue weighted by molar-refractivity contribution is 0.104. The van der Waals surface area contributed by atoms with E-state index in [2.05, 4.69) is 20.9 Å². The second-order valence-electron chi connectivity index (χ2n) is 6.73. The van der Waals surface area contributed by atoms with Gasteiger partial charge in [0.2, 0.25) is 0 Å². The van der Waals surface area contributed by atoms with Crippen molar-refractivity contribution in [2.24, 2.45) is 0 Å². The number of anilines is 1. The molecule has 0 unspecified atom stereocenters. The molecule has 2 N–H and O–H groups in total. The van der Waals surface area contributed by atoms with Crippen LogP contribution in [0.1, 0.15) is 11.1 Å². The highest BCUT2D eigenvalue weighted by Crippen LogP contribution is 2.17. The van der Waals surface area contributed by atoms with Gasteiger partial charge in [-0.1, -0.05) is 76.6 Å². The molecule has 0 bridgehead atoms. The van der Waals surface area contributed by atoms with E-state index in [1.807, 2.05) is 60.7 Å². The second kappa shape index (κ2) is 11.4. The lowest BCUT2D eigenvalue weighted by Crippen LogP contribution is -2.24. The minimum absolute atomic E-state index is 0.203. The van der Waals surface area contributed by atoms with Gasteiger partial charge >= 0.3 is 5.69 Å². The van der Waals surface area contributed by atoms with E-state index in [1.165, 1.54) is 4.57 Å². The zero-order valence-corrected chi connectivity index (χ0v) is 18.1. The first-order chi connectivity index (χ1) is 14.6. The predicted molar refractivity (Wildman–Crippen MR) is 121 cm³/mol. The summed E-state index contributed by atoms with van der Waals surface area (Å²) in [7, 11) is 0. The predicted octanol–water partition coefficient (Wildman–Crippen LogP) is 3.91. The number of hydrogen-bond donors (Lipinski definition) is 1. The molecule has 6 nitrogen and oxygen atoms in total. The molecule has 30 heavy (non-hydrogen) atoms. The zero-order valence-electron chi connectivity index (χ0n) is 16.5. The molecule has 0 saturated carbocycles. The van der Waals surface area contributed by atoms with Gasteiger partial charge in [-0.2, -0.15) is 4.98 Å². The quantitative estimate of drug-likeness (QED) is 0.486. The molecule has 7 heteroatoms. The van der Waals surface area contributed by atoms with Crippen LogP contribution in [0.3, 0.4) is 0 Å². The Morgan fingerprint density at radius 3 is 1.93 bits per heavy atom. The highest BCUT2D eigenvalue weighted by atomic mass is 79.9. The lowest BCUT2D eigenvalue weighted by Gasteiger charge is -2.14. The van der Waals surface area contributed by atoms with Gasteiger partial charge in [0.25, 0.3) is 0 Å². The summed E-state index contributed by atoms with van der Waals surface area (Å²) in [6, 6.07) is 21.5. The number of nitrogens with two attached hydrogens (primary N) is 1. The highest BCUT2D eigenvalue weighted by Gasteiger charge is 2.09. The standard InChI is InChI=1S/C23H24BrN3O3/c24-21(13-27-12-11-22(25)26-23(27)28)20(16-29-14-18-7-3-1-4-8-18)17-30-15-19-9-5-2-6-10-19/h1-12H,13-17H2,(H2,25,26,28). The number of aromatic nitrogens is 2. The second-order valence-corrected chi connectivity index (χ2v) is 7.69. The van der Waals surface area contributed by atoms with Gasteiger partial charge < -0.3 is 15.2 Å². The van der Waals surface area contributed by atoms with E-state index in [0.717, 1.165) is 21.2 Å². The van der Waals surface area contributed by atoms with Gasteiger partial charge in [0.1, 0.15) is 5.82 Å². The van der Waals surface area contributed by atoms with Gasteiger partial charge in [-0.05, 0) is 22.8 Å². The largest absolute Gasteiger partial charge is 0.383 e. The topological polar surface area (TPSA) is 79.4 Å². The molecular formula is C23H24BrN3O3. The minimum Gasteiger partial charge on any atom is -0.383 e. The first kappa shape index (κ1) is 22.0. The van der Waals surface area contributed by atoms with Crippen LogP contribution in [0.15, 0.2) is 87.8 Å². The molecule has 1 aromatic heterocycles. The van der Waals surface area contributed by atoms with E-state index in [4.69, 9.17) is 15.2 Å². The Kier molecular flexibility index (Phi) is 8.38. The molecule has 3 rings (SSSR count). The molecule has 0 fully saturated rings. The van der Waals surface area contributed by atoms with E-state index in [1.54, 1.807) is 12.3 Å². The van der Waals surface area contributed by atoms with Crippen LogP contribution in [0.5, 0.6) is 0 Å². The molecule has 0 aliphatic rings. The minimum atomic E-state index is -0.401. The third kappa shape index (κ3) is 6.95. The summed E-state index contributed by atoms with van der Waals surface area (Å²) in [4.78, 5) is 15.8. The Bertz CT molecular complexity index is 973. The van der Waals surface area contributed by atoms with Gasteiger partial charge in [0, 0.05) is 10.7 Å². The molecule has 0 atom stereocenters. The number of allylic oxidation sites excluding steroid dienone is 1. The third-order valence-electron chi connectivity index (χ3n) is 4.36. The van der Waals surface area contributed by atoms with Crippen LogP contribution in [-0.2, 0) is 29.2 Å². The average Bonchev–Trinajstić information content (AvgIpc) is 2.76. The molecule has 0 saturated heterocycles. The summed E-state index contributed by atoms with van der Waals surface area (Å²) < 4.78 is 14.1. The Labute approximate surface area is 184 Å². The summed E-state index contributed by atoms with van der Waals surface area (Å²) >= 11 is 3.61. The molecule has 156 valence electrons. The number of ether oxygens (including phenoxy) is 2. The van der Waals surface area contributed by atoms with Crippen molar-refractivity contribution in [1.82, 2.24) is 9.55 Å². The Hall–Kier alpha value is -2.74. The molecule has 0 radical (unpaired) electrons. The summed E-state index contributed by atoms with van der Waals surface area (Å²) in [5.74, 6) is 0.203. The zero-order chi connectivity index (χ0) is 21.2. The van der Waals surface area contributed by atoms with Crippen LogP contribution >= 0.6 is 15.9 Å². The summed E-state index contributed by atoms with van der Waals surface area (Å²) in [6.45, 7) is 2.06. The van der Waals surface area contributed by atoms with E-state index in [0.29, 0.717) is 33.0 Å². The summed E-state index contributed by atoms with van der Waals surface area (Å²) in [5.41, 5.74) is 8.28. The molecule has 0 spiro atoms. The molecule has 3 aromatic rings. The van der Waals surface area contributed by atoms with Crippen LogP contribution in [0, 0.1) is 0 Å². The van der Waals surface area contributed by atoms with Crippen molar-refractivity contribution in [2.45, 2.75) is 19.8 Å². The Morgan fingerprint density at radius 2 is 1.43 bits per heavy atom. The number of nitrogens with zero attached hydrogens (tertiary/aromatic N) is 2. The van der Waals surface area contributed by atoms with Crippen LogP contribution in [0.25, 0.3) is 0 Å². The molecular weight excluding hydrogens is 446 g/mol. The van der Waals surface area contributed by atoms with Gasteiger partial charge in [-0.25, -0.2) is 4.79 Å². The Balaban J connectivity index is 1.67. The summed E-state index contributed by atoms with van der Waals surface area (Å²) in [5, 5.41) is 0. The van der Waals surface area contributed by atoms with Crippen LogP contribution in [-0.4, -0.2) is 22.8 Å². The molecule has 1 heterocycles. The van der Waals surface area contributed by atoms with Crippen molar-refractivity contribution in [2.75, 3.05) is 18.9 Å². The number of rotatable bonds is 10. The number of hydrogen-bond acceptors (Lipinski definition) is 5. The summed E-state index contributed by atoms with van der Waals surface area (Å²) in [6.07, 6.45) is 1.62. The van der Waals surface area contributed by atoms with Crippen LogP contribution in [0.4, 0.5) is 5.82 Å². The van der Waals surface area contributed by atoms with Crippen LogP contribution in [0.2, 0.25) is 0 Å².